The highest BCUT2D eigenvalue weighted by molar-refractivity contribution is 6.32. The van der Waals surface area contributed by atoms with Crippen LogP contribution in [-0.4, -0.2) is 21.9 Å². The molecule has 0 aliphatic heterocycles. The van der Waals surface area contributed by atoms with E-state index in [0.29, 0.717) is 11.5 Å². The van der Waals surface area contributed by atoms with Crippen LogP contribution in [0.2, 0.25) is 5.02 Å². The van der Waals surface area contributed by atoms with Gasteiger partial charge in [0, 0.05) is 11.8 Å². The van der Waals surface area contributed by atoms with Crippen LogP contribution in [0.5, 0.6) is 5.75 Å². The van der Waals surface area contributed by atoms with Crippen LogP contribution in [0.25, 0.3) is 16.9 Å². The van der Waals surface area contributed by atoms with Crippen molar-refractivity contribution in [3.8, 4) is 17.0 Å². The van der Waals surface area contributed by atoms with Gasteiger partial charge in [-0.15, -0.1) is 0 Å². The lowest BCUT2D eigenvalue weighted by Gasteiger charge is -2.10. The standard InChI is InChI=1S/C22H17ClFN3O2/c1-14-6-5-11-27-21(14)26-20(15-7-3-2-4-8-15)22(27)25-19(28)13-29-18-10-9-16(24)12-17(18)23/h2-12H,13H2,1H3,(H,25,28). The lowest BCUT2D eigenvalue weighted by Crippen LogP contribution is -2.21. The minimum absolute atomic E-state index is 0.105. The van der Waals surface area contributed by atoms with Gasteiger partial charge in [-0.2, -0.15) is 0 Å². The predicted molar refractivity (Wildman–Crippen MR) is 111 cm³/mol. The van der Waals surface area contributed by atoms with Gasteiger partial charge in [-0.05, 0) is 36.8 Å². The Balaban J connectivity index is 1.63. The van der Waals surface area contributed by atoms with Crippen molar-refractivity contribution < 1.29 is 13.9 Å². The highest BCUT2D eigenvalue weighted by Gasteiger charge is 2.18. The number of fused-ring (bicyclic) bond motifs is 1. The molecule has 146 valence electrons. The zero-order valence-electron chi connectivity index (χ0n) is 15.5. The Morgan fingerprint density at radius 3 is 2.72 bits per heavy atom. The third-order valence-corrected chi connectivity index (χ3v) is 4.70. The summed E-state index contributed by atoms with van der Waals surface area (Å²) in [7, 11) is 0. The monoisotopic (exact) mass is 409 g/mol. The van der Waals surface area contributed by atoms with Crippen LogP contribution in [0, 0.1) is 12.7 Å². The number of nitrogens with zero attached hydrogens (tertiary/aromatic N) is 2. The van der Waals surface area contributed by atoms with Gasteiger partial charge in [0.2, 0.25) is 0 Å². The van der Waals surface area contributed by atoms with E-state index in [-0.39, 0.29) is 23.3 Å². The molecule has 0 fully saturated rings. The van der Waals surface area contributed by atoms with Crippen LogP contribution in [0.4, 0.5) is 10.2 Å². The van der Waals surface area contributed by atoms with Crippen molar-refractivity contribution in [2.75, 3.05) is 11.9 Å². The Labute approximate surface area is 171 Å². The molecule has 4 rings (SSSR count). The van der Waals surface area contributed by atoms with Crippen LogP contribution >= 0.6 is 11.6 Å². The molecule has 0 bridgehead atoms. The molecule has 4 aromatic rings. The number of benzene rings is 2. The number of pyridine rings is 1. The Morgan fingerprint density at radius 1 is 1.17 bits per heavy atom. The fourth-order valence-corrected chi connectivity index (χ4v) is 3.25. The van der Waals surface area contributed by atoms with E-state index in [4.69, 9.17) is 21.3 Å². The number of rotatable bonds is 5. The van der Waals surface area contributed by atoms with E-state index in [2.05, 4.69) is 5.32 Å². The van der Waals surface area contributed by atoms with E-state index in [1.54, 1.807) is 0 Å². The number of imidazole rings is 1. The number of amides is 1. The number of aryl methyl sites for hydroxylation is 1. The number of carbonyl (C=O) groups is 1. The zero-order valence-corrected chi connectivity index (χ0v) is 16.3. The topological polar surface area (TPSA) is 55.6 Å². The molecule has 0 saturated heterocycles. The molecule has 0 aliphatic carbocycles. The van der Waals surface area contributed by atoms with E-state index >= 15 is 0 Å². The predicted octanol–water partition coefficient (Wildman–Crippen LogP) is 5.12. The van der Waals surface area contributed by atoms with Crippen molar-refractivity contribution in [3.63, 3.8) is 0 Å². The molecule has 0 spiro atoms. The second kappa shape index (κ2) is 7.93. The molecule has 2 aromatic heterocycles. The summed E-state index contributed by atoms with van der Waals surface area (Å²) in [5, 5.41) is 2.98. The van der Waals surface area contributed by atoms with Crippen LogP contribution in [0.15, 0.2) is 66.9 Å². The van der Waals surface area contributed by atoms with Crippen molar-refractivity contribution >= 4 is 29.0 Å². The molecule has 29 heavy (non-hydrogen) atoms. The van der Waals surface area contributed by atoms with Gasteiger partial charge in [-0.3, -0.25) is 9.20 Å². The normalized spacial score (nSPS) is 10.9. The molecule has 0 aliphatic rings. The van der Waals surface area contributed by atoms with E-state index in [9.17, 15) is 9.18 Å². The lowest BCUT2D eigenvalue weighted by atomic mass is 10.1. The maximum absolute atomic E-state index is 13.2. The largest absolute Gasteiger partial charge is 0.482 e. The third kappa shape index (κ3) is 3.93. The highest BCUT2D eigenvalue weighted by Crippen LogP contribution is 2.30. The van der Waals surface area contributed by atoms with Gasteiger partial charge in [-0.1, -0.05) is 48.0 Å². The number of halogens is 2. The highest BCUT2D eigenvalue weighted by atomic mass is 35.5. The lowest BCUT2D eigenvalue weighted by molar-refractivity contribution is -0.118. The second-order valence-electron chi connectivity index (χ2n) is 6.47. The number of nitrogens with one attached hydrogen (secondary N) is 1. The maximum atomic E-state index is 13.2. The van der Waals surface area contributed by atoms with Crippen LogP contribution in [0.3, 0.4) is 0 Å². The first-order valence-electron chi connectivity index (χ1n) is 8.94. The molecule has 0 saturated carbocycles. The van der Waals surface area contributed by atoms with Gasteiger partial charge in [0.05, 0.1) is 5.02 Å². The zero-order chi connectivity index (χ0) is 20.4. The minimum Gasteiger partial charge on any atom is -0.482 e. The Kier molecular flexibility index (Phi) is 5.18. The van der Waals surface area contributed by atoms with E-state index in [0.717, 1.165) is 22.8 Å². The number of ether oxygens (including phenoxy) is 1. The first-order chi connectivity index (χ1) is 14.0. The number of carbonyl (C=O) groups excluding carboxylic acids is 1. The van der Waals surface area contributed by atoms with Crippen molar-refractivity contribution in [1.29, 1.82) is 0 Å². The van der Waals surface area contributed by atoms with Gasteiger partial charge >= 0.3 is 0 Å². The molecule has 0 unspecified atom stereocenters. The number of hydrogen-bond donors (Lipinski definition) is 1. The second-order valence-corrected chi connectivity index (χ2v) is 6.88. The SMILES string of the molecule is Cc1cccn2c(NC(=O)COc3ccc(F)cc3Cl)c(-c3ccccc3)nc12. The number of aromatic nitrogens is 2. The number of anilines is 1. The summed E-state index contributed by atoms with van der Waals surface area (Å²) in [4.78, 5) is 17.3. The van der Waals surface area contributed by atoms with Crippen molar-refractivity contribution in [2.45, 2.75) is 6.92 Å². The molecular formula is C22H17ClFN3O2. The van der Waals surface area contributed by atoms with Crippen molar-refractivity contribution in [1.82, 2.24) is 9.38 Å². The van der Waals surface area contributed by atoms with Crippen LogP contribution in [0.1, 0.15) is 5.56 Å². The average molecular weight is 410 g/mol. The smallest absolute Gasteiger partial charge is 0.263 e. The van der Waals surface area contributed by atoms with E-state index in [1.165, 1.54) is 12.1 Å². The quantitative estimate of drug-likeness (QED) is 0.497. The first-order valence-corrected chi connectivity index (χ1v) is 9.31. The van der Waals surface area contributed by atoms with Crippen LogP contribution < -0.4 is 10.1 Å². The molecule has 1 amide bonds. The molecule has 2 aromatic carbocycles. The van der Waals surface area contributed by atoms with Crippen molar-refractivity contribution in [2.24, 2.45) is 0 Å². The molecule has 1 N–H and O–H groups in total. The fourth-order valence-electron chi connectivity index (χ4n) is 3.02. The maximum Gasteiger partial charge on any atom is 0.263 e. The Hall–Kier alpha value is -3.38. The average Bonchev–Trinajstić information content (AvgIpc) is 3.08. The minimum atomic E-state index is -0.472. The van der Waals surface area contributed by atoms with Gasteiger partial charge in [0.25, 0.3) is 5.91 Å². The number of hydrogen-bond acceptors (Lipinski definition) is 3. The summed E-state index contributed by atoms with van der Waals surface area (Å²) in [6, 6.07) is 17.2. The molecule has 0 atom stereocenters. The van der Waals surface area contributed by atoms with Gasteiger partial charge < -0.3 is 10.1 Å². The van der Waals surface area contributed by atoms with Gasteiger partial charge in [-0.25, -0.2) is 9.37 Å². The van der Waals surface area contributed by atoms with E-state index in [1.807, 2.05) is 60.0 Å². The molecule has 5 nitrogen and oxygen atoms in total. The Bertz CT molecular complexity index is 1190. The van der Waals surface area contributed by atoms with Crippen LogP contribution in [-0.2, 0) is 4.79 Å². The summed E-state index contributed by atoms with van der Waals surface area (Å²) in [5.41, 5.74) is 3.28. The molecule has 0 radical (unpaired) electrons. The Morgan fingerprint density at radius 2 is 1.97 bits per heavy atom. The summed E-state index contributed by atoms with van der Waals surface area (Å²) in [6.45, 7) is 1.68. The molecule has 7 heteroatoms. The summed E-state index contributed by atoms with van der Waals surface area (Å²) < 4.78 is 20.4. The summed E-state index contributed by atoms with van der Waals surface area (Å²) in [5.74, 6) is -0.0690. The van der Waals surface area contributed by atoms with Crippen molar-refractivity contribution in [3.05, 3.63) is 83.3 Å². The van der Waals surface area contributed by atoms with E-state index < -0.39 is 5.82 Å². The first kappa shape index (κ1) is 19.0. The van der Waals surface area contributed by atoms with Gasteiger partial charge in [0.1, 0.15) is 28.7 Å². The summed E-state index contributed by atoms with van der Waals surface area (Å²) >= 11 is 5.95. The molecular weight excluding hydrogens is 393 g/mol. The van der Waals surface area contributed by atoms with Gasteiger partial charge in [0.15, 0.2) is 6.61 Å². The fraction of sp³-hybridized carbons (Fsp3) is 0.0909. The molecule has 2 heterocycles. The third-order valence-electron chi connectivity index (χ3n) is 4.40. The summed E-state index contributed by atoms with van der Waals surface area (Å²) in [6.07, 6.45) is 1.84.